The van der Waals surface area contributed by atoms with E-state index in [1.165, 1.54) is 9.80 Å². The van der Waals surface area contributed by atoms with Gasteiger partial charge in [-0.1, -0.05) is 26.0 Å². The number of rotatable bonds is 5. The molecule has 0 spiro atoms. The van der Waals surface area contributed by atoms with Gasteiger partial charge in [0.05, 0.1) is 6.54 Å². The summed E-state index contributed by atoms with van der Waals surface area (Å²) >= 11 is 0. The third kappa shape index (κ3) is 3.58. The standard InChI is InChI=1S/C18H25N3O3/c1-12(2)10-18(3)16(23)21(17(24)19-18)11-13-6-8-14(9-7-13)15(22)20(4)5/h6-9,12H,10-11H2,1-5H3,(H,19,24). The van der Waals surface area contributed by atoms with E-state index in [1.54, 1.807) is 45.3 Å². The van der Waals surface area contributed by atoms with Crippen molar-refractivity contribution in [3.05, 3.63) is 35.4 Å². The molecule has 6 heteroatoms. The molecule has 130 valence electrons. The van der Waals surface area contributed by atoms with Gasteiger partial charge in [0.2, 0.25) is 0 Å². The van der Waals surface area contributed by atoms with E-state index < -0.39 is 5.54 Å². The molecule has 24 heavy (non-hydrogen) atoms. The van der Waals surface area contributed by atoms with Gasteiger partial charge in [-0.15, -0.1) is 0 Å². The molecule has 1 heterocycles. The predicted molar refractivity (Wildman–Crippen MR) is 91.4 cm³/mol. The van der Waals surface area contributed by atoms with Crippen molar-refractivity contribution in [3.63, 3.8) is 0 Å². The lowest BCUT2D eigenvalue weighted by atomic mass is 9.91. The minimum absolute atomic E-state index is 0.0824. The number of carbonyl (C=O) groups excluding carboxylic acids is 3. The van der Waals surface area contributed by atoms with E-state index in [2.05, 4.69) is 5.32 Å². The molecule has 1 aliphatic heterocycles. The first-order valence-electron chi connectivity index (χ1n) is 8.09. The summed E-state index contributed by atoms with van der Waals surface area (Å²) in [4.78, 5) is 39.4. The van der Waals surface area contributed by atoms with E-state index >= 15 is 0 Å². The van der Waals surface area contributed by atoms with Crippen LogP contribution in [-0.4, -0.2) is 47.3 Å². The Morgan fingerprint density at radius 1 is 1.21 bits per heavy atom. The largest absolute Gasteiger partial charge is 0.345 e. The summed E-state index contributed by atoms with van der Waals surface area (Å²) in [5, 5.41) is 2.80. The van der Waals surface area contributed by atoms with Crippen LogP contribution in [0.5, 0.6) is 0 Å². The summed E-state index contributed by atoms with van der Waals surface area (Å²) in [7, 11) is 3.39. The van der Waals surface area contributed by atoms with Gasteiger partial charge < -0.3 is 10.2 Å². The van der Waals surface area contributed by atoms with E-state index in [1.807, 2.05) is 13.8 Å². The Kier molecular flexibility index (Phi) is 4.96. The molecule has 0 saturated carbocycles. The van der Waals surface area contributed by atoms with Crippen molar-refractivity contribution in [2.45, 2.75) is 39.3 Å². The average molecular weight is 331 g/mol. The number of imide groups is 1. The van der Waals surface area contributed by atoms with Crippen molar-refractivity contribution in [1.29, 1.82) is 0 Å². The molecule has 1 aromatic rings. The summed E-state index contributed by atoms with van der Waals surface area (Å²) in [5.41, 5.74) is 0.541. The van der Waals surface area contributed by atoms with Crippen molar-refractivity contribution in [2.75, 3.05) is 14.1 Å². The number of nitrogens with one attached hydrogen (secondary N) is 1. The molecule has 0 bridgehead atoms. The molecule has 1 atom stereocenters. The summed E-state index contributed by atoms with van der Waals surface area (Å²) in [6.07, 6.45) is 0.602. The molecular formula is C18H25N3O3. The van der Waals surface area contributed by atoms with Crippen LogP contribution in [-0.2, 0) is 11.3 Å². The van der Waals surface area contributed by atoms with Gasteiger partial charge in [-0.2, -0.15) is 0 Å². The van der Waals surface area contributed by atoms with Gasteiger partial charge in [-0.25, -0.2) is 4.79 Å². The Morgan fingerprint density at radius 3 is 2.29 bits per heavy atom. The molecule has 1 unspecified atom stereocenters. The number of hydrogen-bond donors (Lipinski definition) is 1. The molecule has 6 nitrogen and oxygen atoms in total. The number of carbonyl (C=O) groups is 3. The van der Waals surface area contributed by atoms with Crippen LogP contribution < -0.4 is 5.32 Å². The molecular weight excluding hydrogens is 306 g/mol. The zero-order valence-electron chi connectivity index (χ0n) is 14.9. The lowest BCUT2D eigenvalue weighted by Gasteiger charge is -2.23. The minimum atomic E-state index is -0.841. The molecule has 0 radical (unpaired) electrons. The van der Waals surface area contributed by atoms with Gasteiger partial charge in [0.15, 0.2) is 0 Å². The number of hydrogen-bond acceptors (Lipinski definition) is 3. The maximum absolute atomic E-state index is 12.6. The van der Waals surface area contributed by atoms with Crippen LogP contribution in [0.1, 0.15) is 43.1 Å². The Morgan fingerprint density at radius 2 is 1.79 bits per heavy atom. The van der Waals surface area contributed by atoms with Crippen LogP contribution in [0.3, 0.4) is 0 Å². The first-order chi connectivity index (χ1) is 11.1. The maximum atomic E-state index is 12.6. The van der Waals surface area contributed by atoms with Gasteiger partial charge in [-0.3, -0.25) is 14.5 Å². The highest BCUT2D eigenvalue weighted by molar-refractivity contribution is 6.06. The van der Waals surface area contributed by atoms with E-state index in [-0.39, 0.29) is 24.4 Å². The third-order valence-corrected chi connectivity index (χ3v) is 4.11. The van der Waals surface area contributed by atoms with Crippen LogP contribution in [0.25, 0.3) is 0 Å². The molecule has 0 aromatic heterocycles. The van der Waals surface area contributed by atoms with Crippen LogP contribution in [0.15, 0.2) is 24.3 Å². The lowest BCUT2D eigenvalue weighted by molar-refractivity contribution is -0.131. The third-order valence-electron chi connectivity index (χ3n) is 4.11. The van der Waals surface area contributed by atoms with Gasteiger partial charge in [0.1, 0.15) is 5.54 Å². The zero-order valence-corrected chi connectivity index (χ0v) is 14.9. The fraction of sp³-hybridized carbons (Fsp3) is 0.500. The molecule has 1 N–H and O–H groups in total. The van der Waals surface area contributed by atoms with Crippen molar-refractivity contribution in [3.8, 4) is 0 Å². The van der Waals surface area contributed by atoms with Crippen molar-refractivity contribution >= 4 is 17.8 Å². The lowest BCUT2D eigenvalue weighted by Crippen LogP contribution is -2.44. The maximum Gasteiger partial charge on any atom is 0.325 e. The van der Waals surface area contributed by atoms with Crippen LogP contribution >= 0.6 is 0 Å². The summed E-state index contributed by atoms with van der Waals surface area (Å²) in [6.45, 7) is 6.02. The van der Waals surface area contributed by atoms with Gasteiger partial charge in [0.25, 0.3) is 11.8 Å². The summed E-state index contributed by atoms with van der Waals surface area (Å²) in [5.74, 6) is 0.0197. The topological polar surface area (TPSA) is 69.7 Å². The van der Waals surface area contributed by atoms with E-state index in [0.29, 0.717) is 17.9 Å². The first kappa shape index (κ1) is 18.0. The average Bonchev–Trinajstić information content (AvgIpc) is 2.69. The van der Waals surface area contributed by atoms with Crippen molar-refractivity contribution in [2.24, 2.45) is 5.92 Å². The van der Waals surface area contributed by atoms with Crippen LogP contribution in [0.4, 0.5) is 4.79 Å². The highest BCUT2D eigenvalue weighted by atomic mass is 16.2. The number of benzene rings is 1. The second-order valence-electron chi connectivity index (χ2n) is 7.15. The SMILES string of the molecule is CC(C)CC1(C)NC(=O)N(Cc2ccc(C(=O)N(C)C)cc2)C1=O. The number of urea groups is 1. The molecule has 2 rings (SSSR count). The van der Waals surface area contributed by atoms with Crippen LogP contribution in [0, 0.1) is 5.92 Å². The predicted octanol–water partition coefficient (Wildman–Crippen LogP) is 2.25. The fourth-order valence-corrected chi connectivity index (χ4v) is 3.04. The van der Waals surface area contributed by atoms with Gasteiger partial charge in [-0.05, 0) is 37.0 Å². The highest BCUT2D eigenvalue weighted by Gasteiger charge is 2.47. The van der Waals surface area contributed by atoms with Crippen molar-refractivity contribution in [1.82, 2.24) is 15.1 Å². The van der Waals surface area contributed by atoms with Crippen molar-refractivity contribution < 1.29 is 14.4 Å². The molecule has 1 aromatic carbocycles. The monoisotopic (exact) mass is 331 g/mol. The second-order valence-corrected chi connectivity index (χ2v) is 7.15. The Hall–Kier alpha value is -2.37. The normalized spacial score (nSPS) is 20.5. The van der Waals surface area contributed by atoms with Crippen LogP contribution in [0.2, 0.25) is 0 Å². The molecule has 1 fully saturated rings. The fourth-order valence-electron chi connectivity index (χ4n) is 3.04. The quantitative estimate of drug-likeness (QED) is 0.841. The molecule has 0 aliphatic carbocycles. The molecule has 4 amide bonds. The van der Waals surface area contributed by atoms with E-state index in [9.17, 15) is 14.4 Å². The second kappa shape index (κ2) is 6.63. The van der Waals surface area contributed by atoms with Gasteiger partial charge >= 0.3 is 6.03 Å². The first-order valence-corrected chi connectivity index (χ1v) is 8.09. The molecule has 1 aliphatic rings. The number of nitrogens with zero attached hydrogens (tertiary/aromatic N) is 2. The molecule has 1 saturated heterocycles. The van der Waals surface area contributed by atoms with E-state index in [4.69, 9.17) is 0 Å². The zero-order chi connectivity index (χ0) is 18.1. The Labute approximate surface area is 142 Å². The smallest absolute Gasteiger partial charge is 0.325 e. The van der Waals surface area contributed by atoms with E-state index in [0.717, 1.165) is 5.56 Å². The Balaban J connectivity index is 2.12. The van der Waals surface area contributed by atoms with Gasteiger partial charge in [0, 0.05) is 19.7 Å². The Bertz CT molecular complexity index is 652. The number of amides is 4. The highest BCUT2D eigenvalue weighted by Crippen LogP contribution is 2.26. The minimum Gasteiger partial charge on any atom is -0.345 e. The summed E-state index contributed by atoms with van der Waals surface area (Å²) < 4.78 is 0. The summed E-state index contributed by atoms with van der Waals surface area (Å²) in [6, 6.07) is 6.61.